The molecule has 70 heavy (non-hydrogen) atoms. The van der Waals surface area contributed by atoms with E-state index in [1.54, 1.807) is 36.4 Å². The van der Waals surface area contributed by atoms with E-state index in [-0.39, 0.29) is 24.0 Å². The van der Waals surface area contributed by atoms with Crippen molar-refractivity contribution in [3.63, 3.8) is 0 Å². The van der Waals surface area contributed by atoms with Gasteiger partial charge in [0, 0.05) is 0 Å². The normalized spacial score (nSPS) is 12.8. The minimum atomic E-state index is -8.97. The van der Waals surface area contributed by atoms with Crippen molar-refractivity contribution >= 4 is 25.0 Å². The molecule has 0 amide bonds. The predicted molar refractivity (Wildman–Crippen MR) is 286 cm³/mol. The van der Waals surface area contributed by atoms with Crippen molar-refractivity contribution in [3.05, 3.63) is 89.5 Å². The third kappa shape index (κ3) is 18.7. The molecule has 0 spiro atoms. The molecule has 0 aliphatic rings. The maximum absolute atomic E-state index is 16.9. The summed E-state index contributed by atoms with van der Waals surface area (Å²) in [6, 6.07) is 17.8. The molecule has 3 aromatic rings. The van der Waals surface area contributed by atoms with E-state index >= 15 is 28.6 Å². The Morgan fingerprint density at radius 3 is 0.900 bits per heavy atom. The molecule has 3 rings (SSSR count). The van der Waals surface area contributed by atoms with E-state index in [9.17, 15) is 0 Å². The fourth-order valence-corrected chi connectivity index (χ4v) is 37.8. The van der Waals surface area contributed by atoms with Gasteiger partial charge in [-0.25, -0.2) is 0 Å². The SMILES string of the molecule is CCCCCCCCCCCCc1ccccc1S(=O)(=O)[O][Ti](=[O])([O]C(C)C)([S](=O)(=O)c1ccccc1CCCCCCCCCCCC)[S](=O)(=O)c1ccccc1CCCCCCCCCCCC. The van der Waals surface area contributed by atoms with E-state index < -0.39 is 59.2 Å². The topological polar surface area (TPSA) is 138 Å². The van der Waals surface area contributed by atoms with Gasteiger partial charge in [0.15, 0.2) is 0 Å². The van der Waals surface area contributed by atoms with Crippen molar-refractivity contribution in [1.82, 2.24) is 0 Å². The van der Waals surface area contributed by atoms with Crippen LogP contribution in [0.2, 0.25) is 0 Å². The van der Waals surface area contributed by atoms with Crippen LogP contribution >= 0.6 is 0 Å². The third-order valence-electron chi connectivity index (χ3n) is 13.7. The van der Waals surface area contributed by atoms with E-state index in [1.165, 1.54) is 147 Å². The van der Waals surface area contributed by atoms with Crippen molar-refractivity contribution < 1.29 is 48.1 Å². The minimum Gasteiger partial charge on any atom is -0.0654 e. The van der Waals surface area contributed by atoms with Gasteiger partial charge in [-0.15, -0.1) is 0 Å². The summed E-state index contributed by atoms with van der Waals surface area (Å²) in [5.74, 6) is 0. The first-order chi connectivity index (χ1) is 33.6. The van der Waals surface area contributed by atoms with E-state index in [1.807, 2.05) is 0 Å². The number of hydrogen-bond acceptors (Lipinski definition) is 9. The number of unbranched alkanes of at least 4 members (excludes halogenated alkanes) is 27. The Kier molecular flexibility index (Phi) is 29.3. The molecule has 3 aromatic carbocycles. The predicted octanol–water partition coefficient (Wildman–Crippen LogP) is 16.8. The number of benzene rings is 3. The van der Waals surface area contributed by atoms with Gasteiger partial charge >= 0.3 is 364 Å². The second-order valence-corrected chi connectivity index (χ2v) is 40.2. The fraction of sp³-hybridized carbons (Fsp3) is 0.684. The molecule has 0 fully saturated rings. The van der Waals surface area contributed by atoms with Gasteiger partial charge in [0.2, 0.25) is 0 Å². The van der Waals surface area contributed by atoms with E-state index in [2.05, 4.69) is 20.8 Å². The van der Waals surface area contributed by atoms with E-state index in [4.69, 9.17) is 6.08 Å². The molecule has 0 aliphatic carbocycles. The molecule has 0 bridgehead atoms. The van der Waals surface area contributed by atoms with Crippen LogP contribution < -0.4 is 0 Å². The van der Waals surface area contributed by atoms with Gasteiger partial charge in [0.1, 0.15) is 0 Å². The summed E-state index contributed by atoms with van der Waals surface area (Å²) in [6.07, 6.45) is 31.5. The van der Waals surface area contributed by atoms with E-state index in [0.717, 1.165) is 77.0 Å². The van der Waals surface area contributed by atoms with Crippen LogP contribution in [0.1, 0.15) is 244 Å². The summed E-state index contributed by atoms with van der Waals surface area (Å²) in [6.45, 7) is 9.32. The van der Waals surface area contributed by atoms with Gasteiger partial charge in [-0.2, -0.15) is 0 Å². The fourth-order valence-electron chi connectivity index (χ4n) is 9.66. The summed E-state index contributed by atoms with van der Waals surface area (Å²) in [5, 5.41) is 0. The van der Waals surface area contributed by atoms with Crippen molar-refractivity contribution in [2.45, 2.75) is 267 Å². The average molecular weight is 1070 g/mol. The van der Waals surface area contributed by atoms with Crippen LogP contribution in [0.4, 0.5) is 0 Å². The van der Waals surface area contributed by atoms with Crippen molar-refractivity contribution in [3.8, 4) is 0 Å². The Balaban J connectivity index is 2.08. The smallest absolute Gasteiger partial charge is 0.0654 e. The zero-order chi connectivity index (χ0) is 51.2. The summed E-state index contributed by atoms with van der Waals surface area (Å²) in [7, 11) is -17.0. The molecule has 398 valence electrons. The Hall–Kier alpha value is -2.06. The number of hydrogen-bond donors (Lipinski definition) is 0. The van der Waals surface area contributed by atoms with Crippen LogP contribution in [0.5, 0.6) is 0 Å². The zero-order valence-corrected chi connectivity index (χ0v) is 48.3. The van der Waals surface area contributed by atoms with Gasteiger partial charge in [-0.1, -0.05) is 65.7 Å². The molecular formula is C57H94O9S3Ti. The van der Waals surface area contributed by atoms with Crippen LogP contribution in [0.25, 0.3) is 0 Å². The first-order valence-corrected chi connectivity index (χ1v) is 38.0. The second kappa shape index (κ2) is 33.0. The Labute approximate surface area is 426 Å². The first-order valence-electron chi connectivity index (χ1n) is 27.9. The van der Waals surface area contributed by atoms with Gasteiger partial charge in [0.25, 0.3) is 0 Å². The van der Waals surface area contributed by atoms with Crippen LogP contribution in [0.15, 0.2) is 87.5 Å². The monoisotopic (exact) mass is 1070 g/mol. The van der Waals surface area contributed by atoms with Crippen LogP contribution in [0, 0.1) is 0 Å². The van der Waals surface area contributed by atoms with Gasteiger partial charge < -0.3 is 0 Å². The molecule has 0 saturated carbocycles. The third-order valence-corrected chi connectivity index (χ3v) is 40.7. The van der Waals surface area contributed by atoms with Crippen molar-refractivity contribution in [2.24, 2.45) is 0 Å². The Morgan fingerprint density at radius 2 is 0.614 bits per heavy atom. The first kappa shape index (κ1) is 62.2. The summed E-state index contributed by atoms with van der Waals surface area (Å²) in [5.41, 5.74) is 0.790. The summed E-state index contributed by atoms with van der Waals surface area (Å²) < 4.78 is 122. The molecule has 0 aromatic heterocycles. The summed E-state index contributed by atoms with van der Waals surface area (Å²) in [4.78, 5) is -1.53. The molecule has 0 atom stereocenters. The minimum absolute atomic E-state index is 0.233. The summed E-state index contributed by atoms with van der Waals surface area (Å²) >= 11 is -8.97. The molecule has 0 radical (unpaired) electrons. The Morgan fingerprint density at radius 1 is 0.371 bits per heavy atom. The average Bonchev–Trinajstić information content (AvgIpc) is 3.33. The molecule has 0 N–H and O–H groups in total. The number of aryl methyl sites for hydroxylation is 3. The van der Waals surface area contributed by atoms with Gasteiger partial charge in [0.05, 0.1) is 0 Å². The zero-order valence-electron chi connectivity index (χ0n) is 44.2. The molecule has 0 unspecified atom stereocenters. The molecule has 0 heterocycles. The molecule has 0 saturated heterocycles. The van der Waals surface area contributed by atoms with Crippen LogP contribution in [-0.4, -0.2) is 31.4 Å². The number of rotatable bonds is 42. The molecular weight excluding hydrogens is 973 g/mol. The Bertz CT molecular complexity index is 2220. The molecule has 13 heteroatoms. The van der Waals surface area contributed by atoms with Crippen molar-refractivity contribution in [2.75, 3.05) is 0 Å². The van der Waals surface area contributed by atoms with Crippen LogP contribution in [-0.2, 0) is 67.1 Å². The quantitative estimate of drug-likeness (QED) is 0.0401. The van der Waals surface area contributed by atoms with E-state index in [0.29, 0.717) is 31.2 Å². The van der Waals surface area contributed by atoms with Crippen LogP contribution in [0.3, 0.4) is 0 Å². The maximum atomic E-state index is 16.9. The van der Waals surface area contributed by atoms with Gasteiger partial charge in [-0.05, 0) is 0 Å². The van der Waals surface area contributed by atoms with Crippen molar-refractivity contribution in [1.29, 1.82) is 0 Å². The van der Waals surface area contributed by atoms with Gasteiger partial charge in [-0.3, -0.25) is 0 Å². The standard InChI is InChI=1S/C18H30O3S.2C18H29O2S.C3H7O.O.Ti/c1-2-3-4-5-6-7-8-9-10-11-14-17-15-12-13-16-18(17)22(19,20)21;2*1-2-3-4-5-6-7-8-9-10-11-14-17-15-12-13-16-18(17)21(19)20;1-3(2)4;;/h12-13,15-16H,2-11,14H2,1H3,(H,19,20,21);2*12-13,15-16H,2-11,14H2,1H3;3H,1-2H3;;/q;;;-1;;+2/p-1. The second-order valence-electron chi connectivity index (χ2n) is 20.2. The molecule has 9 nitrogen and oxygen atoms in total. The molecule has 0 aliphatic heterocycles.